The third kappa shape index (κ3) is 3.79. The zero-order chi connectivity index (χ0) is 22.2. The largest absolute Gasteiger partial charge is 0.456 e. The Kier molecular flexibility index (Phi) is 4.73. The fraction of sp³-hybridized carbons (Fsp3) is 0.0333. The summed E-state index contributed by atoms with van der Waals surface area (Å²) >= 11 is 0. The van der Waals surface area contributed by atoms with Gasteiger partial charge in [0.2, 0.25) is 0 Å². The van der Waals surface area contributed by atoms with Crippen LogP contribution in [0.2, 0.25) is 0 Å². The molecule has 0 unspecified atom stereocenters. The first-order chi connectivity index (χ1) is 16.2. The molecule has 0 aliphatic carbocycles. The van der Waals surface area contributed by atoms with E-state index in [1.165, 1.54) is 23.3 Å². The Morgan fingerprint density at radius 1 is 0.606 bits per heavy atom. The summed E-state index contributed by atoms with van der Waals surface area (Å²) in [5.74, 6) is -0.239. The first-order valence-electron chi connectivity index (χ1n) is 10.9. The lowest BCUT2D eigenvalue weighted by molar-refractivity contribution is 0.628. The predicted molar refractivity (Wildman–Crippen MR) is 132 cm³/mol. The third-order valence-corrected chi connectivity index (χ3v) is 6.02. The van der Waals surface area contributed by atoms with Crippen LogP contribution in [0.15, 0.2) is 114 Å². The highest BCUT2D eigenvalue weighted by atomic mass is 19.1. The van der Waals surface area contributed by atoms with E-state index in [0.29, 0.717) is 0 Å². The van der Waals surface area contributed by atoms with Crippen LogP contribution in [-0.2, 0) is 6.42 Å². The maximum atomic E-state index is 13.3. The molecule has 0 atom stereocenters. The fourth-order valence-corrected chi connectivity index (χ4v) is 4.34. The topological polar surface area (TPSA) is 26.0 Å². The van der Waals surface area contributed by atoms with E-state index in [1.54, 1.807) is 18.3 Å². The molecule has 6 aromatic rings. The Balaban J connectivity index is 1.41. The molecule has 33 heavy (non-hydrogen) atoms. The average Bonchev–Trinajstić information content (AvgIpc) is 3.22. The van der Waals surface area contributed by atoms with Gasteiger partial charge in [0, 0.05) is 22.5 Å². The van der Waals surface area contributed by atoms with E-state index in [-0.39, 0.29) is 5.82 Å². The number of fused-ring (bicyclic) bond motifs is 3. The summed E-state index contributed by atoms with van der Waals surface area (Å²) in [5, 5.41) is 2.18. The maximum absolute atomic E-state index is 13.3. The van der Waals surface area contributed by atoms with Gasteiger partial charge in [-0.15, -0.1) is 0 Å². The van der Waals surface area contributed by atoms with E-state index in [4.69, 9.17) is 4.42 Å². The lowest BCUT2D eigenvalue weighted by atomic mass is 10.0. The minimum Gasteiger partial charge on any atom is -0.456 e. The fourth-order valence-electron chi connectivity index (χ4n) is 4.34. The molecule has 0 radical (unpaired) electrons. The van der Waals surface area contributed by atoms with Gasteiger partial charge in [-0.3, -0.25) is 4.98 Å². The van der Waals surface area contributed by atoms with Gasteiger partial charge in [0.25, 0.3) is 0 Å². The van der Waals surface area contributed by atoms with Crippen molar-refractivity contribution >= 4 is 21.9 Å². The van der Waals surface area contributed by atoms with Crippen molar-refractivity contribution in [2.24, 2.45) is 0 Å². The van der Waals surface area contributed by atoms with Crippen LogP contribution in [0.3, 0.4) is 0 Å². The van der Waals surface area contributed by atoms with E-state index < -0.39 is 0 Å². The average molecular weight is 429 g/mol. The summed E-state index contributed by atoms with van der Waals surface area (Å²) in [7, 11) is 0. The summed E-state index contributed by atoms with van der Waals surface area (Å²) in [6, 6.07) is 33.6. The number of nitrogens with zero attached hydrogens (tertiary/aromatic N) is 1. The molecule has 0 amide bonds. The second-order valence-electron chi connectivity index (χ2n) is 8.24. The van der Waals surface area contributed by atoms with Gasteiger partial charge in [-0.2, -0.15) is 0 Å². The summed E-state index contributed by atoms with van der Waals surface area (Å²) < 4.78 is 19.4. The van der Waals surface area contributed by atoms with Gasteiger partial charge in [0.15, 0.2) is 0 Å². The van der Waals surface area contributed by atoms with Gasteiger partial charge in [-0.05, 0) is 83.3 Å². The molecular formula is C30H20FNO. The number of furan rings is 1. The predicted octanol–water partition coefficient (Wildman–Crippen LogP) is 8.04. The van der Waals surface area contributed by atoms with E-state index in [0.717, 1.165) is 50.7 Å². The van der Waals surface area contributed by atoms with Crippen LogP contribution >= 0.6 is 0 Å². The van der Waals surface area contributed by atoms with Crippen molar-refractivity contribution in [1.29, 1.82) is 0 Å². The van der Waals surface area contributed by atoms with Crippen LogP contribution in [0.4, 0.5) is 4.39 Å². The van der Waals surface area contributed by atoms with Gasteiger partial charge in [0.05, 0.1) is 5.69 Å². The molecule has 2 nitrogen and oxygen atoms in total. The van der Waals surface area contributed by atoms with Crippen LogP contribution in [-0.4, -0.2) is 4.98 Å². The third-order valence-electron chi connectivity index (χ3n) is 6.02. The van der Waals surface area contributed by atoms with Crippen molar-refractivity contribution in [2.45, 2.75) is 6.42 Å². The number of hydrogen-bond acceptors (Lipinski definition) is 2. The molecule has 0 aliphatic heterocycles. The Bertz CT molecular complexity index is 1580. The highest BCUT2D eigenvalue weighted by molar-refractivity contribution is 6.06. The number of halogens is 1. The van der Waals surface area contributed by atoms with Crippen molar-refractivity contribution in [2.75, 3.05) is 0 Å². The zero-order valence-electron chi connectivity index (χ0n) is 17.8. The molecule has 2 heterocycles. The lowest BCUT2D eigenvalue weighted by Crippen LogP contribution is -1.87. The minimum absolute atomic E-state index is 0.239. The number of hydrogen-bond donors (Lipinski definition) is 0. The van der Waals surface area contributed by atoms with E-state index >= 15 is 0 Å². The minimum atomic E-state index is -0.239. The summed E-state index contributed by atoms with van der Waals surface area (Å²) in [6.07, 6.45) is 2.67. The molecule has 6 rings (SSSR count). The molecule has 0 spiro atoms. The monoisotopic (exact) mass is 429 g/mol. The second kappa shape index (κ2) is 8.03. The summed E-state index contributed by atoms with van der Waals surface area (Å²) in [5.41, 5.74) is 8.12. The first-order valence-corrected chi connectivity index (χ1v) is 10.9. The van der Waals surface area contributed by atoms with E-state index in [9.17, 15) is 4.39 Å². The Morgan fingerprint density at radius 2 is 1.33 bits per heavy atom. The molecule has 158 valence electrons. The van der Waals surface area contributed by atoms with Gasteiger partial charge < -0.3 is 4.42 Å². The molecule has 4 aromatic carbocycles. The standard InChI is InChI=1S/C30H20FNO/c31-25-10-7-22(8-11-25)23-14-15-32-28(19-23)24-9-13-30-27(18-24)26-17-21(6-12-29(26)33-30)16-20-4-2-1-3-5-20/h1-15,17-19H,16H2. The second-order valence-corrected chi connectivity index (χ2v) is 8.24. The molecule has 3 heteroatoms. The Morgan fingerprint density at radius 3 is 2.15 bits per heavy atom. The van der Waals surface area contributed by atoms with Gasteiger partial charge in [0.1, 0.15) is 17.0 Å². The van der Waals surface area contributed by atoms with Crippen molar-refractivity contribution in [3.63, 3.8) is 0 Å². The Hall–Kier alpha value is -4.24. The highest BCUT2D eigenvalue weighted by Gasteiger charge is 2.11. The van der Waals surface area contributed by atoms with Crippen molar-refractivity contribution in [3.05, 3.63) is 126 Å². The van der Waals surface area contributed by atoms with Crippen molar-refractivity contribution in [1.82, 2.24) is 4.98 Å². The number of aromatic nitrogens is 1. The maximum Gasteiger partial charge on any atom is 0.135 e. The van der Waals surface area contributed by atoms with Gasteiger partial charge in [-0.1, -0.05) is 48.5 Å². The van der Waals surface area contributed by atoms with Gasteiger partial charge in [-0.25, -0.2) is 4.39 Å². The van der Waals surface area contributed by atoms with Crippen LogP contribution in [0.25, 0.3) is 44.3 Å². The van der Waals surface area contributed by atoms with Crippen LogP contribution in [0.5, 0.6) is 0 Å². The molecule has 0 fully saturated rings. The van der Waals surface area contributed by atoms with Crippen molar-refractivity contribution in [3.8, 4) is 22.4 Å². The molecule has 0 saturated carbocycles. The molecule has 2 aromatic heterocycles. The molecule has 0 N–H and O–H groups in total. The quantitative estimate of drug-likeness (QED) is 0.283. The number of rotatable bonds is 4. The highest BCUT2D eigenvalue weighted by Crippen LogP contribution is 2.34. The van der Waals surface area contributed by atoms with Crippen molar-refractivity contribution < 1.29 is 8.81 Å². The van der Waals surface area contributed by atoms with Gasteiger partial charge >= 0.3 is 0 Å². The zero-order valence-corrected chi connectivity index (χ0v) is 17.8. The number of pyridine rings is 1. The SMILES string of the molecule is Fc1ccc(-c2ccnc(-c3ccc4oc5ccc(Cc6ccccc6)cc5c4c3)c2)cc1. The van der Waals surface area contributed by atoms with E-state index in [2.05, 4.69) is 53.5 Å². The molecular weight excluding hydrogens is 409 g/mol. The summed E-state index contributed by atoms with van der Waals surface area (Å²) in [4.78, 5) is 4.59. The molecule has 0 saturated heterocycles. The Labute approximate surface area is 191 Å². The summed E-state index contributed by atoms with van der Waals surface area (Å²) in [6.45, 7) is 0. The normalized spacial score (nSPS) is 11.3. The van der Waals surface area contributed by atoms with E-state index in [1.807, 2.05) is 30.3 Å². The van der Waals surface area contributed by atoms with Crippen LogP contribution < -0.4 is 0 Å². The molecule has 0 bridgehead atoms. The van der Waals surface area contributed by atoms with Crippen LogP contribution in [0.1, 0.15) is 11.1 Å². The molecule has 0 aliphatic rings. The lowest BCUT2D eigenvalue weighted by Gasteiger charge is -2.06. The first kappa shape index (κ1) is 19.4. The smallest absolute Gasteiger partial charge is 0.135 e. The number of benzene rings is 4. The van der Waals surface area contributed by atoms with Crippen LogP contribution in [0, 0.1) is 5.82 Å².